The van der Waals surface area contributed by atoms with Crippen molar-refractivity contribution in [2.45, 2.75) is 18.9 Å². The predicted octanol–water partition coefficient (Wildman–Crippen LogP) is 1.05. The molecule has 1 aromatic rings. The van der Waals surface area contributed by atoms with E-state index in [1.807, 2.05) is 18.2 Å². The van der Waals surface area contributed by atoms with E-state index in [0.29, 0.717) is 24.5 Å². The zero-order valence-electron chi connectivity index (χ0n) is 10.3. The Labute approximate surface area is 106 Å². The molecule has 2 atom stereocenters. The topological polar surface area (TPSA) is 81.8 Å². The fraction of sp³-hybridized carbons (Fsp3) is 0.462. The number of ether oxygens (including phenoxy) is 2. The van der Waals surface area contributed by atoms with Gasteiger partial charge in [0.2, 0.25) is 0 Å². The molecule has 1 aromatic carbocycles. The van der Waals surface area contributed by atoms with E-state index in [2.05, 4.69) is 0 Å². The minimum absolute atomic E-state index is 0.0253. The first-order valence-corrected chi connectivity index (χ1v) is 5.90. The summed E-state index contributed by atoms with van der Waals surface area (Å²) in [5, 5.41) is 8.86. The second-order valence-corrected chi connectivity index (χ2v) is 4.40. The summed E-state index contributed by atoms with van der Waals surface area (Å²) in [7, 11) is 1.59. The number of nitrogens with two attached hydrogens (primary N) is 1. The van der Waals surface area contributed by atoms with E-state index in [4.69, 9.17) is 20.3 Å². The molecule has 1 heterocycles. The third-order valence-corrected chi connectivity index (χ3v) is 3.24. The average Bonchev–Trinajstić information content (AvgIpc) is 2.78. The number of para-hydroxylation sites is 1. The quantitative estimate of drug-likeness (QED) is 0.817. The van der Waals surface area contributed by atoms with Crippen molar-refractivity contribution < 1.29 is 19.4 Å². The van der Waals surface area contributed by atoms with E-state index >= 15 is 0 Å². The average molecular weight is 251 g/mol. The van der Waals surface area contributed by atoms with Crippen LogP contribution in [-0.4, -0.2) is 30.8 Å². The minimum Gasteiger partial charge on any atom is -0.493 e. The summed E-state index contributed by atoms with van der Waals surface area (Å²) in [5.74, 6) is 0.367. The van der Waals surface area contributed by atoms with Crippen LogP contribution in [-0.2, 0) is 11.2 Å². The number of carboxylic acid groups (broad SMARTS) is 1. The highest BCUT2D eigenvalue weighted by Crippen LogP contribution is 2.39. The first kappa shape index (κ1) is 12.7. The van der Waals surface area contributed by atoms with Gasteiger partial charge in [0, 0.05) is 17.9 Å². The van der Waals surface area contributed by atoms with Gasteiger partial charge in [-0.15, -0.1) is 0 Å². The number of carbonyl (C=O) groups is 1. The van der Waals surface area contributed by atoms with Gasteiger partial charge in [0.25, 0.3) is 0 Å². The van der Waals surface area contributed by atoms with Crippen LogP contribution in [0.3, 0.4) is 0 Å². The second-order valence-electron chi connectivity index (χ2n) is 4.40. The van der Waals surface area contributed by atoms with Gasteiger partial charge in [0.1, 0.15) is 6.10 Å². The molecule has 3 N–H and O–H groups in total. The summed E-state index contributed by atoms with van der Waals surface area (Å²) in [5.41, 5.74) is 6.68. The van der Waals surface area contributed by atoms with Crippen LogP contribution in [0.5, 0.6) is 11.5 Å². The number of hydrogen-bond donors (Lipinski definition) is 2. The lowest BCUT2D eigenvalue weighted by Gasteiger charge is -2.20. The smallest absolute Gasteiger partial charge is 0.303 e. The van der Waals surface area contributed by atoms with Crippen LogP contribution in [0, 0.1) is 5.92 Å². The molecule has 5 nitrogen and oxygen atoms in total. The molecule has 0 spiro atoms. The normalized spacial score (nSPS) is 18.9. The molecule has 0 fully saturated rings. The monoisotopic (exact) mass is 251 g/mol. The zero-order valence-corrected chi connectivity index (χ0v) is 10.3. The maximum Gasteiger partial charge on any atom is 0.303 e. The van der Waals surface area contributed by atoms with Crippen molar-refractivity contribution in [3.63, 3.8) is 0 Å². The third kappa shape index (κ3) is 2.41. The molecule has 2 rings (SSSR count). The van der Waals surface area contributed by atoms with Crippen molar-refractivity contribution in [2.24, 2.45) is 11.7 Å². The van der Waals surface area contributed by atoms with Crippen LogP contribution in [0.25, 0.3) is 0 Å². The lowest BCUT2D eigenvalue weighted by atomic mass is 9.95. The Balaban J connectivity index is 2.15. The summed E-state index contributed by atoms with van der Waals surface area (Å²) < 4.78 is 11.0. The lowest BCUT2D eigenvalue weighted by molar-refractivity contribution is -0.138. The fourth-order valence-electron chi connectivity index (χ4n) is 2.28. The van der Waals surface area contributed by atoms with Gasteiger partial charge < -0.3 is 20.3 Å². The Morgan fingerprint density at radius 3 is 3.06 bits per heavy atom. The number of aliphatic carboxylic acids is 1. The van der Waals surface area contributed by atoms with Gasteiger partial charge in [0.15, 0.2) is 11.5 Å². The third-order valence-electron chi connectivity index (χ3n) is 3.24. The molecule has 98 valence electrons. The number of benzene rings is 1. The molecular weight excluding hydrogens is 234 g/mol. The van der Waals surface area contributed by atoms with Crippen LogP contribution in [0.4, 0.5) is 0 Å². The Hall–Kier alpha value is -1.75. The molecule has 2 unspecified atom stereocenters. The largest absolute Gasteiger partial charge is 0.493 e. The molecule has 0 amide bonds. The van der Waals surface area contributed by atoms with Crippen molar-refractivity contribution in [1.82, 2.24) is 0 Å². The highest BCUT2D eigenvalue weighted by Gasteiger charge is 2.32. The molecule has 1 aliphatic rings. The standard InChI is InChI=1S/C13H17NO4/c1-17-10-4-2-3-8-5-11(18-13(8)10)9(7-14)6-12(15)16/h2-4,9,11H,5-7,14H2,1H3,(H,15,16). The number of fused-ring (bicyclic) bond motifs is 1. The van der Waals surface area contributed by atoms with Crippen LogP contribution in [0.2, 0.25) is 0 Å². The summed E-state index contributed by atoms with van der Waals surface area (Å²) in [6, 6.07) is 5.69. The van der Waals surface area contributed by atoms with E-state index in [1.165, 1.54) is 0 Å². The minimum atomic E-state index is -0.850. The number of carboxylic acids is 1. The predicted molar refractivity (Wildman–Crippen MR) is 65.9 cm³/mol. The number of hydrogen-bond acceptors (Lipinski definition) is 4. The van der Waals surface area contributed by atoms with Crippen LogP contribution in [0.15, 0.2) is 18.2 Å². The molecule has 0 aromatic heterocycles. The fourth-order valence-corrected chi connectivity index (χ4v) is 2.28. The van der Waals surface area contributed by atoms with Gasteiger partial charge in [-0.25, -0.2) is 0 Å². The maximum absolute atomic E-state index is 10.8. The molecule has 0 aliphatic carbocycles. The Bertz CT molecular complexity index is 447. The van der Waals surface area contributed by atoms with Crippen molar-refractivity contribution in [3.8, 4) is 11.5 Å². The Morgan fingerprint density at radius 1 is 1.67 bits per heavy atom. The van der Waals surface area contributed by atoms with Crippen LogP contribution < -0.4 is 15.2 Å². The van der Waals surface area contributed by atoms with Crippen molar-refractivity contribution in [2.75, 3.05) is 13.7 Å². The highest BCUT2D eigenvalue weighted by molar-refractivity contribution is 5.67. The summed E-state index contributed by atoms with van der Waals surface area (Å²) in [6.07, 6.45) is 0.525. The van der Waals surface area contributed by atoms with E-state index in [-0.39, 0.29) is 18.4 Å². The van der Waals surface area contributed by atoms with Gasteiger partial charge >= 0.3 is 5.97 Å². The summed E-state index contributed by atoms with van der Waals surface area (Å²) in [4.78, 5) is 10.8. The molecule has 5 heteroatoms. The van der Waals surface area contributed by atoms with Gasteiger partial charge in [-0.3, -0.25) is 4.79 Å². The number of rotatable bonds is 5. The maximum atomic E-state index is 10.8. The molecule has 0 radical (unpaired) electrons. The Kier molecular flexibility index (Phi) is 3.72. The molecular formula is C13H17NO4. The van der Waals surface area contributed by atoms with Crippen molar-refractivity contribution in [1.29, 1.82) is 0 Å². The van der Waals surface area contributed by atoms with Crippen LogP contribution >= 0.6 is 0 Å². The van der Waals surface area contributed by atoms with E-state index < -0.39 is 5.97 Å². The Morgan fingerprint density at radius 2 is 2.44 bits per heavy atom. The van der Waals surface area contributed by atoms with Gasteiger partial charge in [0.05, 0.1) is 13.5 Å². The lowest BCUT2D eigenvalue weighted by Crippen LogP contribution is -2.33. The van der Waals surface area contributed by atoms with Crippen molar-refractivity contribution >= 4 is 5.97 Å². The number of methoxy groups -OCH3 is 1. The van der Waals surface area contributed by atoms with Crippen LogP contribution in [0.1, 0.15) is 12.0 Å². The van der Waals surface area contributed by atoms with E-state index in [1.54, 1.807) is 7.11 Å². The summed E-state index contributed by atoms with van der Waals surface area (Å²) in [6.45, 7) is 0.299. The van der Waals surface area contributed by atoms with Gasteiger partial charge in [-0.1, -0.05) is 12.1 Å². The van der Waals surface area contributed by atoms with Crippen molar-refractivity contribution in [3.05, 3.63) is 23.8 Å². The van der Waals surface area contributed by atoms with Gasteiger partial charge in [-0.05, 0) is 12.6 Å². The second kappa shape index (κ2) is 5.27. The van der Waals surface area contributed by atoms with E-state index in [0.717, 1.165) is 5.56 Å². The molecule has 0 saturated carbocycles. The molecule has 0 saturated heterocycles. The highest BCUT2D eigenvalue weighted by atomic mass is 16.5. The van der Waals surface area contributed by atoms with Gasteiger partial charge in [-0.2, -0.15) is 0 Å². The first-order valence-electron chi connectivity index (χ1n) is 5.90. The van der Waals surface area contributed by atoms with E-state index in [9.17, 15) is 4.79 Å². The summed E-state index contributed by atoms with van der Waals surface area (Å²) >= 11 is 0. The SMILES string of the molecule is COc1cccc2c1OC(C(CN)CC(=O)O)C2. The molecule has 0 bridgehead atoms. The first-order chi connectivity index (χ1) is 8.65. The zero-order chi connectivity index (χ0) is 13.1. The molecule has 1 aliphatic heterocycles. The molecule has 18 heavy (non-hydrogen) atoms.